The molecule has 0 fully saturated rings. The van der Waals surface area contributed by atoms with Gasteiger partial charge in [-0.05, 0) is 19.3 Å². The molecule has 0 aromatic rings. The van der Waals surface area contributed by atoms with Crippen molar-refractivity contribution in [2.24, 2.45) is 0 Å². The number of carboxylic acids is 2. The Morgan fingerprint density at radius 1 is 0.588 bits per heavy atom. The third-order valence-corrected chi connectivity index (χ3v) is 4.98. The molecule has 14 N–H and O–H groups in total. The minimum absolute atomic E-state index is 0. The molecule has 15 heteroatoms. The van der Waals surface area contributed by atoms with Gasteiger partial charge in [0.25, 0.3) is 0 Å². The summed E-state index contributed by atoms with van der Waals surface area (Å²) in [4.78, 5) is 19.3. The maximum Gasteiger partial charge on any atom is 0.345 e. The van der Waals surface area contributed by atoms with E-state index in [1.165, 1.54) is 63.8 Å². The van der Waals surface area contributed by atoms with Gasteiger partial charge in [0.15, 0.2) is 0 Å². The Labute approximate surface area is 199 Å². The van der Waals surface area contributed by atoms with Crippen LogP contribution in [0.2, 0.25) is 0 Å². The van der Waals surface area contributed by atoms with Crippen LogP contribution in [0.15, 0.2) is 0 Å². The Kier molecular flexibility index (Phi) is 25.0. The van der Waals surface area contributed by atoms with Crippen LogP contribution in [0.5, 0.6) is 0 Å². The highest BCUT2D eigenvalue weighted by molar-refractivity contribution is 5.75. The zero-order chi connectivity index (χ0) is 20.9. The minimum atomic E-state index is -1.23. The smallest absolute Gasteiger partial charge is 0.345 e. The van der Waals surface area contributed by atoms with E-state index < -0.39 is 11.9 Å². The van der Waals surface area contributed by atoms with Crippen molar-refractivity contribution in [3.8, 4) is 0 Å². The number of carbonyl (C=O) groups excluding carboxylic acids is 2. The number of aliphatic carboxylic acids is 2. The van der Waals surface area contributed by atoms with Crippen LogP contribution >= 0.6 is 0 Å². The lowest BCUT2D eigenvalue weighted by Crippen LogP contribution is -2.52. The quantitative estimate of drug-likeness (QED) is 0.268. The topological polar surface area (TPSA) is 292 Å². The summed E-state index contributed by atoms with van der Waals surface area (Å²) in [5.41, 5.74) is 0. The normalized spacial score (nSPS) is 16.9. The summed E-state index contributed by atoms with van der Waals surface area (Å²) in [5.74, 6) is 0.0718. The van der Waals surface area contributed by atoms with E-state index in [0.717, 1.165) is 26.2 Å². The first-order chi connectivity index (χ1) is 14.1. The number of guanidine groups is 2. The van der Waals surface area contributed by atoms with Crippen molar-refractivity contribution in [3.63, 3.8) is 0 Å². The molecule has 4 aliphatic heterocycles. The van der Waals surface area contributed by atoms with E-state index in [2.05, 4.69) is 30.4 Å². The monoisotopic (exact) mass is 500 g/mol. The number of rotatable bonds is 4. The van der Waals surface area contributed by atoms with Crippen LogP contribution in [0.25, 0.3) is 0 Å². The number of carboxylic acid groups (broad SMARTS) is 2. The molecule has 4 rings (SSSR count). The van der Waals surface area contributed by atoms with Gasteiger partial charge in [-0.25, -0.2) is 0 Å². The molecule has 15 nitrogen and oxygen atoms in total. The van der Waals surface area contributed by atoms with E-state index >= 15 is 0 Å². The van der Waals surface area contributed by atoms with Crippen molar-refractivity contribution >= 4 is 23.9 Å². The third-order valence-electron chi connectivity index (χ3n) is 4.98. The van der Waals surface area contributed by atoms with E-state index in [-0.39, 0.29) is 46.6 Å². The first kappa shape index (κ1) is 38.5. The van der Waals surface area contributed by atoms with E-state index in [9.17, 15) is 19.8 Å². The summed E-state index contributed by atoms with van der Waals surface area (Å²) in [7, 11) is 0. The Bertz CT molecular complexity index is 511. The van der Waals surface area contributed by atoms with Gasteiger partial charge in [-0.15, -0.1) is 0 Å². The average Bonchev–Trinajstić information content (AvgIpc) is 2.74. The molecule has 0 amide bonds. The number of carbonyl (C=O) groups is 2. The third kappa shape index (κ3) is 15.2. The largest absolute Gasteiger partial charge is 0.550 e. The first-order valence-corrected chi connectivity index (χ1v) is 10.6. The summed E-state index contributed by atoms with van der Waals surface area (Å²) in [6, 6.07) is 0. The molecule has 4 aliphatic rings. The zero-order valence-electron chi connectivity index (χ0n) is 19.6. The second-order valence-electron chi connectivity index (χ2n) is 7.39. The van der Waals surface area contributed by atoms with Gasteiger partial charge >= 0.3 is 11.9 Å². The van der Waals surface area contributed by atoms with Gasteiger partial charge in [-0.3, -0.25) is 30.4 Å². The summed E-state index contributed by atoms with van der Waals surface area (Å²) in [5, 5.41) is 32.7. The van der Waals surface area contributed by atoms with Crippen LogP contribution in [0, 0.1) is 0 Å². The van der Waals surface area contributed by atoms with Gasteiger partial charge in [-0.1, -0.05) is 0 Å². The maximum atomic E-state index is 9.66. The summed E-state index contributed by atoms with van der Waals surface area (Å²) < 4.78 is 4.79. The van der Waals surface area contributed by atoms with Crippen LogP contribution in [-0.2, 0) is 9.59 Å². The molecule has 0 saturated heterocycles. The zero-order valence-corrected chi connectivity index (χ0v) is 19.6. The van der Waals surface area contributed by atoms with Crippen LogP contribution in [0.4, 0.5) is 0 Å². The average molecular weight is 501 g/mol. The highest BCUT2D eigenvalue weighted by Crippen LogP contribution is 1.96. The van der Waals surface area contributed by atoms with Crippen molar-refractivity contribution in [3.05, 3.63) is 0 Å². The Morgan fingerprint density at radius 3 is 1.06 bits per heavy atom. The Balaban J connectivity index is -0.000000185. The van der Waals surface area contributed by atoms with Crippen molar-refractivity contribution in [2.75, 3.05) is 52.4 Å². The minimum Gasteiger partial charge on any atom is -0.550 e. The second-order valence-corrected chi connectivity index (χ2v) is 7.39. The van der Waals surface area contributed by atoms with Gasteiger partial charge in [0.2, 0.25) is 0 Å². The summed E-state index contributed by atoms with van der Waals surface area (Å²) in [6.07, 6.45) is 4.79. The van der Waals surface area contributed by atoms with Gasteiger partial charge in [0, 0.05) is 37.6 Å². The molecule has 0 saturated carbocycles. The van der Waals surface area contributed by atoms with E-state index in [0.29, 0.717) is 0 Å². The van der Waals surface area contributed by atoms with Crippen molar-refractivity contribution in [2.45, 2.75) is 44.9 Å². The molecule has 0 spiro atoms. The molecular formula is C19H44N6O9. The Morgan fingerprint density at radius 2 is 0.853 bits per heavy atom. The fraction of sp³-hybridized carbons (Fsp3) is 0.789. The molecule has 0 aromatic carbocycles. The fourth-order valence-electron chi connectivity index (χ4n) is 3.53. The molecule has 0 radical (unpaired) electrons. The predicted molar refractivity (Wildman–Crippen MR) is 122 cm³/mol. The molecule has 4 heterocycles. The lowest BCUT2D eigenvalue weighted by Gasteiger charge is -2.22. The molecule has 204 valence electrons. The highest BCUT2D eigenvalue weighted by atomic mass is 16.4. The van der Waals surface area contributed by atoms with Gasteiger partial charge in [0.05, 0.1) is 52.4 Å². The maximum absolute atomic E-state index is 9.66. The first-order valence-electron chi connectivity index (χ1n) is 10.6. The fourth-order valence-corrected chi connectivity index (χ4v) is 3.53. The number of hydrogen-bond acceptors (Lipinski definition) is 8. The van der Waals surface area contributed by atoms with Crippen molar-refractivity contribution < 1.29 is 56.3 Å². The number of nitrogens with one attached hydrogen (secondary N) is 4. The molecule has 0 aliphatic carbocycles. The van der Waals surface area contributed by atoms with E-state index in [1.54, 1.807) is 0 Å². The molecule has 0 unspecified atom stereocenters. The SMILES string of the molecule is C1CNC2=[N+](C1)CCCN2.C1CNC2=[N+](C1)CCCN2.O.O.O.O.O.O=C([O-])CCCC(=O)[O-]. The Hall–Kier alpha value is -2.72. The van der Waals surface area contributed by atoms with Gasteiger partial charge < -0.3 is 47.2 Å². The number of hydrogen-bond donors (Lipinski definition) is 4. The molecule has 0 bridgehead atoms. The predicted octanol–water partition coefficient (Wildman–Crippen LogP) is -7.78. The molecule has 34 heavy (non-hydrogen) atoms. The second kappa shape index (κ2) is 22.1. The summed E-state index contributed by atoms with van der Waals surface area (Å²) in [6.45, 7) is 9.48. The van der Waals surface area contributed by atoms with Gasteiger partial charge in [0.1, 0.15) is 0 Å². The number of nitrogens with zero attached hydrogens (tertiary/aromatic N) is 2. The van der Waals surface area contributed by atoms with Crippen molar-refractivity contribution in [1.29, 1.82) is 0 Å². The lowest BCUT2D eigenvalue weighted by molar-refractivity contribution is -0.539. The summed E-state index contributed by atoms with van der Waals surface area (Å²) >= 11 is 0. The van der Waals surface area contributed by atoms with Crippen molar-refractivity contribution in [1.82, 2.24) is 21.3 Å². The lowest BCUT2D eigenvalue weighted by atomic mass is 10.2. The van der Waals surface area contributed by atoms with Crippen LogP contribution in [0.3, 0.4) is 0 Å². The molecule has 0 aromatic heterocycles. The van der Waals surface area contributed by atoms with E-state index in [4.69, 9.17) is 0 Å². The van der Waals surface area contributed by atoms with Crippen LogP contribution < -0.4 is 31.5 Å². The van der Waals surface area contributed by atoms with E-state index in [1.807, 2.05) is 0 Å². The van der Waals surface area contributed by atoms with Gasteiger partial charge in [-0.2, -0.15) is 0 Å². The highest BCUT2D eigenvalue weighted by Gasteiger charge is 2.20. The van der Waals surface area contributed by atoms with Crippen LogP contribution in [0.1, 0.15) is 44.9 Å². The standard InChI is InChI=1S/2C7H13N3.C5H8O4.5H2O/c2*1-3-8-7-9-4-2-6-10(7)5-1;6-4(7)2-1-3-5(8)9;;;;;/h2*1-6H2,(H,8,9);1-3H2,(H,6,7)(H,8,9);5*1H2. The molecule has 0 atom stereocenters. The van der Waals surface area contributed by atoms with Crippen LogP contribution in [-0.4, -0.2) is 113 Å². The molecular weight excluding hydrogens is 456 g/mol.